The highest BCUT2D eigenvalue weighted by Crippen LogP contribution is 2.27. The molecule has 0 aliphatic rings. The van der Waals surface area contributed by atoms with Crippen LogP contribution in [0.2, 0.25) is 0 Å². The molecule has 0 fully saturated rings. The summed E-state index contributed by atoms with van der Waals surface area (Å²) in [6.45, 7) is 1.42. The van der Waals surface area contributed by atoms with Crippen molar-refractivity contribution in [1.82, 2.24) is 19.9 Å². The van der Waals surface area contributed by atoms with Crippen LogP contribution in [0.5, 0.6) is 0 Å². The molecule has 0 spiro atoms. The van der Waals surface area contributed by atoms with Gasteiger partial charge in [0.15, 0.2) is 5.82 Å². The average Bonchev–Trinajstić information content (AvgIpc) is 3.18. The van der Waals surface area contributed by atoms with Gasteiger partial charge in [-0.05, 0) is 31.0 Å². The number of imidazole rings is 1. The van der Waals surface area contributed by atoms with Gasteiger partial charge in [0.1, 0.15) is 5.52 Å². The van der Waals surface area contributed by atoms with E-state index in [1.807, 2.05) is 60.9 Å². The molecule has 7 heteroatoms. The summed E-state index contributed by atoms with van der Waals surface area (Å²) in [5.74, 6) is 0.452. The summed E-state index contributed by atoms with van der Waals surface area (Å²) in [6, 6.07) is 17.4. The van der Waals surface area contributed by atoms with Crippen molar-refractivity contribution in [2.24, 2.45) is 0 Å². The van der Waals surface area contributed by atoms with Crippen molar-refractivity contribution in [3.05, 3.63) is 60.9 Å². The first-order chi connectivity index (χ1) is 14.1. The number of carbonyl (C=O) groups is 1. The molecule has 0 aliphatic heterocycles. The number of rotatable bonds is 6. The maximum atomic E-state index is 12.3. The van der Waals surface area contributed by atoms with Gasteiger partial charge in [0.05, 0.1) is 17.4 Å². The van der Waals surface area contributed by atoms with Crippen molar-refractivity contribution in [1.29, 1.82) is 0 Å². The number of fused-ring (bicyclic) bond motifs is 3. The second-order valence-corrected chi connectivity index (χ2v) is 6.98. The van der Waals surface area contributed by atoms with Gasteiger partial charge in [-0.1, -0.05) is 36.4 Å². The molecule has 0 atom stereocenters. The van der Waals surface area contributed by atoms with Crippen molar-refractivity contribution in [2.75, 3.05) is 24.2 Å². The first-order valence-electron chi connectivity index (χ1n) is 9.71. The Morgan fingerprint density at radius 1 is 1.10 bits per heavy atom. The smallest absolute Gasteiger partial charge is 0.321 e. The molecule has 3 N–H and O–H groups in total. The second kappa shape index (κ2) is 8.18. The third-order valence-electron chi connectivity index (χ3n) is 5.03. The van der Waals surface area contributed by atoms with Gasteiger partial charge in [0.2, 0.25) is 0 Å². The predicted octanol–water partition coefficient (Wildman–Crippen LogP) is 3.79. The number of unbranched alkanes of at least 4 members (excludes halogenated alkanes) is 1. The van der Waals surface area contributed by atoms with Crippen LogP contribution in [-0.2, 0) is 6.54 Å². The van der Waals surface area contributed by atoms with Crippen molar-refractivity contribution < 1.29 is 4.79 Å². The van der Waals surface area contributed by atoms with E-state index in [1.165, 1.54) is 0 Å². The Morgan fingerprint density at radius 3 is 2.69 bits per heavy atom. The average molecular weight is 388 g/mol. The molecule has 0 radical (unpaired) electrons. The molecule has 7 nitrogen and oxygen atoms in total. The number of anilines is 2. The van der Waals surface area contributed by atoms with Crippen LogP contribution in [0, 0.1) is 0 Å². The molecule has 2 amide bonds. The Balaban J connectivity index is 1.36. The van der Waals surface area contributed by atoms with E-state index in [2.05, 4.69) is 19.9 Å². The quantitative estimate of drug-likeness (QED) is 0.492. The third-order valence-corrected chi connectivity index (χ3v) is 5.03. The van der Waals surface area contributed by atoms with Crippen LogP contribution in [0.1, 0.15) is 12.8 Å². The summed E-state index contributed by atoms with van der Waals surface area (Å²) in [6.07, 6.45) is 3.60. The number of urea groups is 1. The molecular weight excluding hydrogens is 364 g/mol. The number of carbonyl (C=O) groups excluding carboxylic acids is 1. The first kappa shape index (κ1) is 18.7. The van der Waals surface area contributed by atoms with Crippen LogP contribution in [-0.4, -0.2) is 34.2 Å². The Hall–Kier alpha value is -3.61. The molecule has 0 unspecified atom stereocenters. The van der Waals surface area contributed by atoms with E-state index in [0.29, 0.717) is 12.4 Å². The fourth-order valence-electron chi connectivity index (χ4n) is 3.47. The zero-order chi connectivity index (χ0) is 20.2. The highest BCUT2D eigenvalue weighted by atomic mass is 16.2. The highest BCUT2D eigenvalue weighted by molar-refractivity contribution is 6.06. The SMILES string of the molecule is CN(C(=O)NCCCCn1cnc2c(N)nc3ccccc3c21)c1ccccc1. The van der Waals surface area contributed by atoms with Gasteiger partial charge in [-0.15, -0.1) is 0 Å². The lowest BCUT2D eigenvalue weighted by molar-refractivity contribution is 0.247. The zero-order valence-corrected chi connectivity index (χ0v) is 16.4. The Morgan fingerprint density at radius 2 is 1.86 bits per heavy atom. The molecular formula is C22H24N6O. The summed E-state index contributed by atoms with van der Waals surface area (Å²) >= 11 is 0. The Labute approximate surface area is 169 Å². The van der Waals surface area contributed by atoms with E-state index in [-0.39, 0.29) is 6.03 Å². The van der Waals surface area contributed by atoms with Crippen molar-refractivity contribution >= 4 is 39.5 Å². The highest BCUT2D eigenvalue weighted by Gasteiger charge is 2.12. The van der Waals surface area contributed by atoms with Gasteiger partial charge in [-0.3, -0.25) is 4.90 Å². The number of aromatic nitrogens is 3. The van der Waals surface area contributed by atoms with Crippen LogP contribution >= 0.6 is 0 Å². The number of pyridine rings is 1. The van der Waals surface area contributed by atoms with Gasteiger partial charge in [0, 0.05) is 31.2 Å². The summed E-state index contributed by atoms with van der Waals surface area (Å²) in [4.78, 5) is 22.8. The Bertz CT molecular complexity index is 1140. The second-order valence-electron chi connectivity index (χ2n) is 6.98. The zero-order valence-electron chi connectivity index (χ0n) is 16.4. The maximum absolute atomic E-state index is 12.3. The minimum absolute atomic E-state index is 0.103. The normalized spacial score (nSPS) is 11.1. The van der Waals surface area contributed by atoms with Gasteiger partial charge >= 0.3 is 6.03 Å². The van der Waals surface area contributed by atoms with Crippen molar-refractivity contribution in [2.45, 2.75) is 19.4 Å². The minimum atomic E-state index is -0.103. The van der Waals surface area contributed by atoms with E-state index in [4.69, 9.17) is 5.73 Å². The lowest BCUT2D eigenvalue weighted by Gasteiger charge is -2.18. The molecule has 0 saturated carbocycles. The van der Waals surface area contributed by atoms with Crippen LogP contribution in [0.25, 0.3) is 21.9 Å². The number of hydrogen-bond donors (Lipinski definition) is 2. The van der Waals surface area contributed by atoms with Crippen LogP contribution in [0.15, 0.2) is 60.9 Å². The van der Waals surface area contributed by atoms with E-state index < -0.39 is 0 Å². The number of nitrogens with one attached hydrogen (secondary N) is 1. The molecule has 4 aromatic rings. The minimum Gasteiger partial charge on any atom is -0.382 e. The molecule has 0 saturated heterocycles. The predicted molar refractivity (Wildman–Crippen MR) is 117 cm³/mol. The number of hydrogen-bond acceptors (Lipinski definition) is 4. The van der Waals surface area contributed by atoms with Gasteiger partial charge in [-0.2, -0.15) is 0 Å². The lowest BCUT2D eigenvalue weighted by atomic mass is 10.2. The van der Waals surface area contributed by atoms with E-state index in [0.717, 1.165) is 47.0 Å². The van der Waals surface area contributed by atoms with E-state index >= 15 is 0 Å². The summed E-state index contributed by atoms with van der Waals surface area (Å²) < 4.78 is 2.12. The first-order valence-corrected chi connectivity index (χ1v) is 9.71. The summed E-state index contributed by atoms with van der Waals surface area (Å²) in [7, 11) is 1.77. The molecule has 2 heterocycles. The molecule has 2 aromatic carbocycles. The van der Waals surface area contributed by atoms with E-state index in [1.54, 1.807) is 11.9 Å². The lowest BCUT2D eigenvalue weighted by Crippen LogP contribution is -2.37. The van der Waals surface area contributed by atoms with Crippen LogP contribution in [0.4, 0.5) is 16.3 Å². The Kier molecular flexibility index (Phi) is 5.29. The number of aryl methyl sites for hydroxylation is 1. The molecule has 0 aliphatic carbocycles. The molecule has 2 aromatic heterocycles. The maximum Gasteiger partial charge on any atom is 0.321 e. The summed E-state index contributed by atoms with van der Waals surface area (Å²) in [5, 5.41) is 4.02. The molecule has 0 bridgehead atoms. The molecule has 148 valence electrons. The van der Waals surface area contributed by atoms with Crippen molar-refractivity contribution in [3.63, 3.8) is 0 Å². The van der Waals surface area contributed by atoms with Crippen molar-refractivity contribution in [3.8, 4) is 0 Å². The monoisotopic (exact) mass is 388 g/mol. The number of benzene rings is 2. The standard InChI is InChI=1S/C22H24N6O/c1-27(16-9-3-2-4-10-16)22(29)24-13-7-8-14-28-15-25-19-20(28)17-11-5-6-12-18(17)26-21(19)23/h2-6,9-12,15H,7-8,13-14H2,1H3,(H2,23,26)(H,24,29). The largest absolute Gasteiger partial charge is 0.382 e. The van der Waals surface area contributed by atoms with Crippen LogP contribution in [0.3, 0.4) is 0 Å². The van der Waals surface area contributed by atoms with Gasteiger partial charge in [-0.25, -0.2) is 14.8 Å². The third kappa shape index (κ3) is 3.85. The fraction of sp³-hybridized carbons (Fsp3) is 0.227. The molecule has 4 rings (SSSR count). The number of para-hydroxylation sites is 2. The summed E-state index contributed by atoms with van der Waals surface area (Å²) in [5.41, 5.74) is 9.57. The van der Waals surface area contributed by atoms with Gasteiger partial charge in [0.25, 0.3) is 0 Å². The fourth-order valence-corrected chi connectivity index (χ4v) is 3.47. The van der Waals surface area contributed by atoms with Crippen LogP contribution < -0.4 is 16.0 Å². The topological polar surface area (TPSA) is 89.1 Å². The molecule has 29 heavy (non-hydrogen) atoms. The number of nitrogens with two attached hydrogens (primary N) is 1. The van der Waals surface area contributed by atoms with Gasteiger partial charge < -0.3 is 15.6 Å². The number of nitrogens with zero attached hydrogens (tertiary/aromatic N) is 4. The number of amides is 2. The number of nitrogen functional groups attached to an aromatic ring is 1. The van der Waals surface area contributed by atoms with E-state index in [9.17, 15) is 4.79 Å².